The van der Waals surface area contributed by atoms with E-state index < -0.39 is 0 Å². The smallest absolute Gasteiger partial charge is 0.247 e. The molecule has 36 heavy (non-hydrogen) atoms. The first-order valence-corrected chi connectivity index (χ1v) is 13.3. The number of piperidine rings is 1. The quantitative estimate of drug-likeness (QED) is 0.619. The Bertz CT molecular complexity index is 1110. The lowest BCUT2D eigenvalue weighted by Crippen LogP contribution is -2.49. The number of hydrogen-bond acceptors (Lipinski definition) is 5. The highest BCUT2D eigenvalue weighted by Gasteiger charge is 2.59. The van der Waals surface area contributed by atoms with Crippen LogP contribution in [0.25, 0.3) is 0 Å². The zero-order valence-electron chi connectivity index (χ0n) is 22.1. The van der Waals surface area contributed by atoms with Gasteiger partial charge in [0.2, 0.25) is 11.8 Å². The summed E-state index contributed by atoms with van der Waals surface area (Å²) in [6.07, 6.45) is 2.82. The molecule has 1 aliphatic carbocycles. The Labute approximate surface area is 214 Å². The molecule has 8 nitrogen and oxygen atoms in total. The van der Waals surface area contributed by atoms with E-state index in [9.17, 15) is 9.59 Å². The summed E-state index contributed by atoms with van der Waals surface area (Å²) in [6, 6.07) is 9.86. The van der Waals surface area contributed by atoms with Gasteiger partial charge in [0.25, 0.3) is 0 Å². The number of para-hydroxylation sites is 1. The Hall–Kier alpha value is -2.87. The van der Waals surface area contributed by atoms with Crippen LogP contribution in [0.2, 0.25) is 0 Å². The minimum Gasteiger partial charge on any atom is -0.496 e. The normalized spacial score (nSPS) is 22.5. The maximum atomic E-state index is 13.3. The van der Waals surface area contributed by atoms with Crippen molar-refractivity contribution in [1.29, 1.82) is 0 Å². The predicted molar refractivity (Wildman–Crippen MR) is 138 cm³/mol. The molecule has 3 heterocycles. The van der Waals surface area contributed by atoms with Crippen molar-refractivity contribution >= 4 is 11.8 Å². The van der Waals surface area contributed by atoms with Crippen molar-refractivity contribution in [2.75, 3.05) is 46.4 Å². The number of piperazine rings is 1. The van der Waals surface area contributed by atoms with Gasteiger partial charge < -0.3 is 14.5 Å². The van der Waals surface area contributed by atoms with Crippen LogP contribution in [0, 0.1) is 25.2 Å². The number of nitrogens with zero attached hydrogens (tertiary/aromatic N) is 5. The minimum atomic E-state index is -0.295. The van der Waals surface area contributed by atoms with Crippen molar-refractivity contribution in [3.05, 3.63) is 47.3 Å². The van der Waals surface area contributed by atoms with Gasteiger partial charge in [0, 0.05) is 63.0 Å². The summed E-state index contributed by atoms with van der Waals surface area (Å²) in [6.45, 7) is 11.5. The molecule has 2 aliphatic heterocycles. The molecule has 3 fully saturated rings. The molecule has 194 valence electrons. The Morgan fingerprint density at radius 1 is 1.06 bits per heavy atom. The third-order valence-electron chi connectivity index (χ3n) is 8.60. The first kappa shape index (κ1) is 24.8. The maximum absolute atomic E-state index is 13.3. The van der Waals surface area contributed by atoms with Crippen LogP contribution in [-0.4, -0.2) is 82.7 Å². The summed E-state index contributed by atoms with van der Waals surface area (Å²) in [5.74, 6) is 1.50. The Morgan fingerprint density at radius 2 is 1.75 bits per heavy atom. The molecule has 1 saturated carbocycles. The summed E-state index contributed by atoms with van der Waals surface area (Å²) in [4.78, 5) is 32.9. The fourth-order valence-electron chi connectivity index (χ4n) is 6.25. The van der Waals surface area contributed by atoms with Gasteiger partial charge in [-0.05, 0) is 57.6 Å². The molecule has 1 aromatic heterocycles. The van der Waals surface area contributed by atoms with Gasteiger partial charge in [0.1, 0.15) is 11.8 Å². The van der Waals surface area contributed by atoms with E-state index in [1.807, 2.05) is 54.6 Å². The highest BCUT2D eigenvalue weighted by atomic mass is 16.5. The Balaban J connectivity index is 1.10. The van der Waals surface area contributed by atoms with Gasteiger partial charge in [-0.1, -0.05) is 18.2 Å². The lowest BCUT2D eigenvalue weighted by molar-refractivity contribution is -0.137. The molecular formula is C28H39N5O3. The second-order valence-electron chi connectivity index (χ2n) is 10.9. The van der Waals surface area contributed by atoms with E-state index in [0.717, 1.165) is 82.2 Å². The number of aryl methyl sites for hydroxylation is 2. The van der Waals surface area contributed by atoms with Crippen LogP contribution in [0.3, 0.4) is 0 Å². The topological polar surface area (TPSA) is 70.9 Å². The summed E-state index contributed by atoms with van der Waals surface area (Å²) in [7, 11) is 1.71. The summed E-state index contributed by atoms with van der Waals surface area (Å²) in [5, 5.41) is 4.50. The van der Waals surface area contributed by atoms with Gasteiger partial charge in [0.05, 0.1) is 12.8 Å². The highest BCUT2D eigenvalue weighted by Crippen LogP contribution is 2.60. The van der Waals surface area contributed by atoms with E-state index in [1.54, 1.807) is 7.11 Å². The van der Waals surface area contributed by atoms with Crippen molar-refractivity contribution < 1.29 is 14.3 Å². The third-order valence-corrected chi connectivity index (χ3v) is 8.60. The van der Waals surface area contributed by atoms with Crippen LogP contribution in [0.4, 0.5) is 0 Å². The van der Waals surface area contributed by atoms with E-state index >= 15 is 0 Å². The predicted octanol–water partition coefficient (Wildman–Crippen LogP) is 3.04. The second-order valence-corrected chi connectivity index (χ2v) is 10.9. The lowest BCUT2D eigenvalue weighted by atomic mass is 9.90. The SMILES string of the molecule is COc1ccccc1CN1CCN(C(=O)[C@H]2CC23CCN(C(=O)[C@H](C)n2nc(C)cc2C)CC3)CC1. The molecular weight excluding hydrogens is 454 g/mol. The van der Waals surface area contributed by atoms with E-state index in [2.05, 4.69) is 21.0 Å². The van der Waals surface area contributed by atoms with Crippen LogP contribution in [-0.2, 0) is 16.1 Å². The number of carbonyl (C=O) groups excluding carboxylic acids is 2. The van der Waals surface area contributed by atoms with E-state index in [0.29, 0.717) is 5.91 Å². The van der Waals surface area contributed by atoms with E-state index in [1.165, 1.54) is 5.56 Å². The number of benzene rings is 1. The first-order valence-electron chi connectivity index (χ1n) is 13.3. The van der Waals surface area contributed by atoms with Crippen LogP contribution in [0.5, 0.6) is 5.75 Å². The summed E-state index contributed by atoms with van der Waals surface area (Å²) >= 11 is 0. The second kappa shape index (κ2) is 9.88. The zero-order chi connectivity index (χ0) is 25.4. The number of methoxy groups -OCH3 is 1. The number of amides is 2. The van der Waals surface area contributed by atoms with Crippen LogP contribution in [0.15, 0.2) is 30.3 Å². The average molecular weight is 494 g/mol. The molecule has 2 amide bonds. The van der Waals surface area contributed by atoms with Gasteiger partial charge in [0.15, 0.2) is 0 Å². The first-order chi connectivity index (χ1) is 17.3. The van der Waals surface area contributed by atoms with E-state index in [-0.39, 0.29) is 23.3 Å². The van der Waals surface area contributed by atoms with Gasteiger partial charge in [-0.15, -0.1) is 0 Å². The standard InChI is InChI=1S/C28H39N5O3/c1-20-17-21(2)33(29-20)22(3)26(34)31-11-9-28(10-12-31)18-24(28)27(35)32-15-13-30(14-16-32)19-23-7-5-6-8-25(23)36-4/h5-8,17,22,24H,9-16,18-19H2,1-4H3/t22-,24+/m0/s1. The highest BCUT2D eigenvalue weighted by molar-refractivity contribution is 5.83. The lowest BCUT2D eigenvalue weighted by Gasteiger charge is -2.37. The Morgan fingerprint density at radius 3 is 2.39 bits per heavy atom. The van der Waals surface area contributed by atoms with Crippen LogP contribution < -0.4 is 4.74 Å². The number of hydrogen-bond donors (Lipinski definition) is 0. The van der Waals surface area contributed by atoms with Crippen LogP contribution >= 0.6 is 0 Å². The molecule has 1 aromatic carbocycles. The van der Waals surface area contributed by atoms with Crippen molar-refractivity contribution in [3.8, 4) is 5.75 Å². The molecule has 2 atom stereocenters. The van der Waals surface area contributed by atoms with Gasteiger partial charge in [-0.25, -0.2) is 0 Å². The summed E-state index contributed by atoms with van der Waals surface area (Å²) < 4.78 is 7.33. The number of rotatable bonds is 6. The molecule has 0 radical (unpaired) electrons. The summed E-state index contributed by atoms with van der Waals surface area (Å²) in [5.41, 5.74) is 3.24. The largest absolute Gasteiger partial charge is 0.496 e. The van der Waals surface area contributed by atoms with Gasteiger partial charge in [-0.3, -0.25) is 19.2 Å². The van der Waals surface area contributed by atoms with E-state index in [4.69, 9.17) is 4.74 Å². The average Bonchev–Trinajstić information content (AvgIpc) is 3.48. The molecule has 2 aromatic rings. The molecule has 1 spiro atoms. The molecule has 0 N–H and O–H groups in total. The number of aromatic nitrogens is 2. The van der Waals surface area contributed by atoms with Gasteiger partial charge >= 0.3 is 0 Å². The molecule has 3 aliphatic rings. The fraction of sp³-hybridized carbons (Fsp3) is 0.607. The molecule has 5 rings (SSSR count). The minimum absolute atomic E-state index is 0.101. The zero-order valence-corrected chi connectivity index (χ0v) is 22.1. The van der Waals surface area contributed by atoms with Crippen molar-refractivity contribution in [1.82, 2.24) is 24.5 Å². The van der Waals surface area contributed by atoms with Crippen molar-refractivity contribution in [3.63, 3.8) is 0 Å². The fourth-order valence-corrected chi connectivity index (χ4v) is 6.25. The molecule has 2 saturated heterocycles. The Kier molecular flexibility index (Phi) is 6.81. The van der Waals surface area contributed by atoms with Crippen molar-refractivity contribution in [2.45, 2.75) is 52.6 Å². The molecule has 8 heteroatoms. The van der Waals surface area contributed by atoms with Crippen LogP contribution in [0.1, 0.15) is 49.2 Å². The van der Waals surface area contributed by atoms with Gasteiger partial charge in [-0.2, -0.15) is 5.10 Å². The number of likely N-dealkylation sites (tertiary alicyclic amines) is 1. The molecule has 0 unspecified atom stereocenters. The van der Waals surface area contributed by atoms with Crippen molar-refractivity contribution in [2.24, 2.45) is 11.3 Å². The monoisotopic (exact) mass is 493 g/mol. The number of ether oxygens (including phenoxy) is 1. The number of carbonyl (C=O) groups is 2. The molecule has 0 bridgehead atoms. The maximum Gasteiger partial charge on any atom is 0.247 e. The third kappa shape index (κ3) is 4.75.